The number of hydrogen-bond donors (Lipinski definition) is 1. The molecule has 18 heavy (non-hydrogen) atoms. The van der Waals surface area contributed by atoms with Crippen LogP contribution in [0.4, 0.5) is 0 Å². The molecule has 0 amide bonds. The summed E-state index contributed by atoms with van der Waals surface area (Å²) in [4.78, 5) is 15.0. The van der Waals surface area contributed by atoms with E-state index in [1.807, 2.05) is 0 Å². The Hall–Kier alpha value is -1.37. The van der Waals surface area contributed by atoms with Crippen molar-refractivity contribution in [2.45, 2.75) is 37.9 Å². The van der Waals surface area contributed by atoms with Gasteiger partial charge in [-0.15, -0.1) is 0 Å². The van der Waals surface area contributed by atoms with Gasteiger partial charge in [0.25, 0.3) is 0 Å². The topological polar surface area (TPSA) is 97.5 Å². The number of sulfone groups is 1. The highest BCUT2D eigenvalue weighted by Gasteiger charge is 2.35. The number of oxazole rings is 1. The highest BCUT2D eigenvalue weighted by molar-refractivity contribution is 7.91. The highest BCUT2D eigenvalue weighted by atomic mass is 32.2. The Morgan fingerprint density at radius 1 is 1.50 bits per heavy atom. The largest absolute Gasteiger partial charge is 0.475 e. The normalized spacial score (nSPS) is 22.8. The predicted octanol–water partition coefficient (Wildman–Crippen LogP) is 1.58. The van der Waals surface area contributed by atoms with Gasteiger partial charge in [0.05, 0.1) is 11.4 Å². The Morgan fingerprint density at radius 3 is 2.72 bits per heavy atom. The molecule has 1 aliphatic rings. The number of aryl methyl sites for hydroxylation is 1. The average molecular weight is 273 g/mol. The number of aromatic nitrogens is 1. The minimum atomic E-state index is -3.26. The summed E-state index contributed by atoms with van der Waals surface area (Å²) >= 11 is 0. The molecule has 1 N–H and O–H groups in total. The highest BCUT2D eigenvalue weighted by Crippen LogP contribution is 2.33. The molecule has 1 atom stereocenters. The molecule has 0 bridgehead atoms. The van der Waals surface area contributed by atoms with Crippen LogP contribution in [-0.2, 0) is 16.3 Å². The molecule has 1 unspecified atom stereocenters. The third kappa shape index (κ3) is 2.27. The first-order valence-electron chi connectivity index (χ1n) is 5.90. The lowest BCUT2D eigenvalue weighted by atomic mass is 10.2. The van der Waals surface area contributed by atoms with E-state index < -0.39 is 21.1 Å². The van der Waals surface area contributed by atoms with Crippen LogP contribution in [0, 0.1) is 0 Å². The lowest BCUT2D eigenvalue weighted by molar-refractivity contribution is 0.0658. The first-order chi connectivity index (χ1) is 8.45. The van der Waals surface area contributed by atoms with Gasteiger partial charge in [0.1, 0.15) is 5.25 Å². The number of carboxylic acid groups (broad SMARTS) is 1. The third-order valence-electron chi connectivity index (χ3n) is 3.10. The lowest BCUT2D eigenvalue weighted by Crippen LogP contribution is -2.21. The van der Waals surface area contributed by atoms with Gasteiger partial charge in [-0.3, -0.25) is 0 Å². The summed E-state index contributed by atoms with van der Waals surface area (Å²) in [6, 6.07) is 0. The van der Waals surface area contributed by atoms with Gasteiger partial charge >= 0.3 is 5.97 Å². The van der Waals surface area contributed by atoms with Gasteiger partial charge in [0.2, 0.25) is 11.7 Å². The second kappa shape index (κ2) is 4.72. The molecule has 0 spiro atoms. The second-order valence-electron chi connectivity index (χ2n) is 4.34. The van der Waals surface area contributed by atoms with Gasteiger partial charge in [0, 0.05) is 0 Å². The zero-order valence-corrected chi connectivity index (χ0v) is 10.9. The summed E-state index contributed by atoms with van der Waals surface area (Å²) < 4.78 is 29.0. The van der Waals surface area contributed by atoms with Crippen LogP contribution in [0.15, 0.2) is 4.42 Å². The van der Waals surface area contributed by atoms with E-state index >= 15 is 0 Å². The van der Waals surface area contributed by atoms with Crippen LogP contribution in [0.1, 0.15) is 53.6 Å². The molecule has 1 aromatic heterocycles. The monoisotopic (exact) mass is 273 g/mol. The number of rotatable bonds is 3. The van der Waals surface area contributed by atoms with Gasteiger partial charge in [-0.1, -0.05) is 13.3 Å². The Balaban J connectivity index is 2.42. The summed E-state index contributed by atoms with van der Waals surface area (Å²) in [6.45, 7) is 1.75. The van der Waals surface area contributed by atoms with Crippen molar-refractivity contribution < 1.29 is 22.7 Å². The van der Waals surface area contributed by atoms with Crippen LogP contribution in [0.5, 0.6) is 0 Å². The van der Waals surface area contributed by atoms with Crippen molar-refractivity contribution in [1.29, 1.82) is 0 Å². The molecule has 7 heteroatoms. The van der Waals surface area contributed by atoms with E-state index in [2.05, 4.69) is 4.98 Å². The molecule has 1 aliphatic heterocycles. The zero-order valence-electron chi connectivity index (χ0n) is 10.0. The zero-order chi connectivity index (χ0) is 13.3. The maximum atomic E-state index is 11.9. The van der Waals surface area contributed by atoms with Gasteiger partial charge in [-0.25, -0.2) is 18.2 Å². The molecule has 6 nitrogen and oxygen atoms in total. The average Bonchev–Trinajstić information content (AvgIpc) is 2.72. The van der Waals surface area contributed by atoms with Crippen molar-refractivity contribution in [3.63, 3.8) is 0 Å². The van der Waals surface area contributed by atoms with Crippen molar-refractivity contribution in [3.05, 3.63) is 17.3 Å². The Bertz CT molecular complexity index is 560. The third-order valence-corrected chi connectivity index (χ3v) is 5.26. The van der Waals surface area contributed by atoms with Gasteiger partial charge in [-0.2, -0.15) is 0 Å². The first-order valence-corrected chi connectivity index (χ1v) is 7.61. The van der Waals surface area contributed by atoms with E-state index in [0.717, 1.165) is 6.42 Å². The minimum absolute atomic E-state index is 0.0314. The van der Waals surface area contributed by atoms with E-state index in [0.29, 0.717) is 25.0 Å². The summed E-state index contributed by atoms with van der Waals surface area (Å²) in [6.07, 6.45) is 2.28. The van der Waals surface area contributed by atoms with Crippen molar-refractivity contribution >= 4 is 15.8 Å². The molecular formula is C11H15NO5S. The SMILES string of the molecule is CCc1nc(C2CCCCS2(=O)=O)oc1C(=O)O. The predicted molar refractivity (Wildman–Crippen MR) is 63.2 cm³/mol. The summed E-state index contributed by atoms with van der Waals surface area (Å²) in [5.41, 5.74) is 0.304. The number of nitrogens with zero attached hydrogens (tertiary/aromatic N) is 1. The fourth-order valence-corrected chi connectivity index (χ4v) is 3.97. The van der Waals surface area contributed by atoms with Crippen molar-refractivity contribution in [2.24, 2.45) is 0 Å². The Labute approximate surface area is 105 Å². The molecule has 1 fully saturated rings. The summed E-state index contributed by atoms with van der Waals surface area (Å²) in [5, 5.41) is 8.17. The smallest absolute Gasteiger partial charge is 0.373 e. The van der Waals surface area contributed by atoms with Crippen LogP contribution < -0.4 is 0 Å². The van der Waals surface area contributed by atoms with Gasteiger partial charge in [-0.05, 0) is 19.3 Å². The maximum absolute atomic E-state index is 11.9. The van der Waals surface area contributed by atoms with Crippen LogP contribution in [0.2, 0.25) is 0 Å². The molecule has 100 valence electrons. The fourth-order valence-electron chi connectivity index (χ4n) is 2.15. The molecule has 0 saturated carbocycles. The molecule has 0 aliphatic carbocycles. The molecular weight excluding hydrogens is 258 g/mol. The summed E-state index contributed by atoms with van der Waals surface area (Å²) in [5.74, 6) is -1.31. The molecule has 2 rings (SSSR count). The van der Waals surface area contributed by atoms with Crippen LogP contribution in [0.3, 0.4) is 0 Å². The molecule has 2 heterocycles. The maximum Gasteiger partial charge on any atom is 0.373 e. The van der Waals surface area contributed by atoms with Crippen molar-refractivity contribution in [3.8, 4) is 0 Å². The van der Waals surface area contributed by atoms with Crippen molar-refractivity contribution in [1.82, 2.24) is 4.98 Å². The Morgan fingerprint density at radius 2 is 2.22 bits per heavy atom. The first kappa shape index (κ1) is 13.1. The van der Waals surface area contributed by atoms with Crippen LogP contribution in [-0.4, -0.2) is 30.2 Å². The lowest BCUT2D eigenvalue weighted by Gasteiger charge is -2.18. The number of aromatic carboxylic acids is 1. The molecule has 1 saturated heterocycles. The number of carbonyl (C=O) groups is 1. The van der Waals surface area contributed by atoms with E-state index in [1.54, 1.807) is 6.92 Å². The number of hydrogen-bond acceptors (Lipinski definition) is 5. The van der Waals surface area contributed by atoms with E-state index in [9.17, 15) is 13.2 Å². The summed E-state index contributed by atoms with van der Waals surface area (Å²) in [7, 11) is -3.26. The molecule has 1 aromatic rings. The standard InChI is InChI=1S/C11H15NO5S/c1-2-7-9(11(13)14)17-10(12-7)8-5-3-4-6-18(8,15)16/h8H,2-6H2,1H3,(H,13,14). The van der Waals surface area contributed by atoms with Gasteiger partial charge < -0.3 is 9.52 Å². The molecule has 0 aromatic carbocycles. The molecule has 0 radical (unpaired) electrons. The quantitative estimate of drug-likeness (QED) is 0.897. The minimum Gasteiger partial charge on any atom is -0.475 e. The van der Waals surface area contributed by atoms with E-state index in [-0.39, 0.29) is 17.4 Å². The van der Waals surface area contributed by atoms with Gasteiger partial charge in [0.15, 0.2) is 9.84 Å². The number of carboxylic acids is 1. The van der Waals surface area contributed by atoms with E-state index in [1.165, 1.54) is 0 Å². The van der Waals surface area contributed by atoms with Crippen LogP contribution >= 0.6 is 0 Å². The van der Waals surface area contributed by atoms with Crippen molar-refractivity contribution in [2.75, 3.05) is 5.75 Å². The van der Waals surface area contributed by atoms with E-state index in [4.69, 9.17) is 9.52 Å². The van der Waals surface area contributed by atoms with Crippen LogP contribution in [0.25, 0.3) is 0 Å². The second-order valence-corrected chi connectivity index (χ2v) is 6.64. The Kier molecular flexibility index (Phi) is 3.43. The fraction of sp³-hybridized carbons (Fsp3) is 0.636.